The van der Waals surface area contributed by atoms with E-state index in [-0.39, 0.29) is 23.4 Å². The Bertz CT molecular complexity index is 1020. The van der Waals surface area contributed by atoms with E-state index in [9.17, 15) is 13.2 Å². The van der Waals surface area contributed by atoms with Crippen molar-refractivity contribution in [1.82, 2.24) is 9.62 Å². The third kappa shape index (κ3) is 5.06. The summed E-state index contributed by atoms with van der Waals surface area (Å²) in [7, 11) is -2.32. The lowest BCUT2D eigenvalue weighted by Gasteiger charge is -2.22. The van der Waals surface area contributed by atoms with Crippen molar-refractivity contribution < 1.29 is 13.2 Å². The first-order valence-corrected chi connectivity index (χ1v) is 11.2. The SMILES string of the molecule is Cc1cc(C)c(S(=O)(=O)N(C)CC(=O)N[C@H](C)c2cc(C)c(C)cc2C)c(C)c1. The average molecular weight is 417 g/mol. The van der Waals surface area contributed by atoms with E-state index in [0.717, 1.165) is 26.6 Å². The minimum atomic E-state index is -3.76. The average Bonchev–Trinajstić information content (AvgIpc) is 2.56. The molecule has 6 heteroatoms. The molecule has 0 saturated heterocycles. The van der Waals surface area contributed by atoms with Crippen LogP contribution in [-0.4, -0.2) is 32.2 Å². The molecular formula is C23H32N2O3S. The predicted molar refractivity (Wildman–Crippen MR) is 118 cm³/mol. The number of hydrogen-bond donors (Lipinski definition) is 1. The first-order valence-electron chi connectivity index (χ1n) is 9.76. The van der Waals surface area contributed by atoms with Gasteiger partial charge >= 0.3 is 0 Å². The Balaban J connectivity index is 2.17. The maximum Gasteiger partial charge on any atom is 0.243 e. The standard InChI is InChI=1S/C23H32N2O3S/c1-14-9-18(5)23(19(6)10-14)29(27,28)25(8)13-22(26)24-20(7)21-12-16(3)15(2)11-17(21)4/h9-12,20H,13H2,1-8H3,(H,24,26)/t20-/m1/s1. The van der Waals surface area contributed by atoms with Gasteiger partial charge in [-0.05, 0) is 81.8 Å². The summed E-state index contributed by atoms with van der Waals surface area (Å²) in [5, 5.41) is 2.93. The Labute approximate surface area is 175 Å². The zero-order valence-electron chi connectivity index (χ0n) is 18.7. The summed E-state index contributed by atoms with van der Waals surface area (Å²) in [5.41, 5.74) is 6.90. The normalized spacial score (nSPS) is 12.9. The number of carbonyl (C=O) groups is 1. The topological polar surface area (TPSA) is 66.5 Å². The molecule has 0 radical (unpaired) electrons. The Morgan fingerprint density at radius 2 is 1.41 bits per heavy atom. The molecule has 0 heterocycles. The second-order valence-corrected chi connectivity index (χ2v) is 10.1. The minimum absolute atomic E-state index is 0.208. The van der Waals surface area contributed by atoms with E-state index in [2.05, 4.69) is 24.4 Å². The Hall–Kier alpha value is -2.18. The maximum absolute atomic E-state index is 13.1. The Morgan fingerprint density at radius 1 is 0.897 bits per heavy atom. The highest BCUT2D eigenvalue weighted by molar-refractivity contribution is 7.89. The van der Waals surface area contributed by atoms with Crippen molar-refractivity contribution in [2.45, 2.75) is 59.4 Å². The van der Waals surface area contributed by atoms with Crippen LogP contribution in [0.3, 0.4) is 0 Å². The van der Waals surface area contributed by atoms with Crippen LogP contribution in [0, 0.1) is 41.5 Å². The molecule has 5 nitrogen and oxygen atoms in total. The summed E-state index contributed by atoms with van der Waals surface area (Å²) in [5.74, 6) is -0.330. The Kier molecular flexibility index (Phi) is 6.91. The lowest BCUT2D eigenvalue weighted by molar-refractivity contribution is -0.121. The van der Waals surface area contributed by atoms with Crippen LogP contribution in [0.2, 0.25) is 0 Å². The summed E-state index contributed by atoms with van der Waals surface area (Å²) in [6.07, 6.45) is 0. The summed E-state index contributed by atoms with van der Waals surface area (Å²) in [6.45, 7) is 13.3. The van der Waals surface area contributed by atoms with Gasteiger partial charge in [-0.1, -0.05) is 29.8 Å². The van der Waals surface area contributed by atoms with E-state index in [0.29, 0.717) is 11.1 Å². The van der Waals surface area contributed by atoms with Crippen molar-refractivity contribution in [2.75, 3.05) is 13.6 Å². The number of sulfonamides is 1. The zero-order chi connectivity index (χ0) is 22.1. The van der Waals surface area contributed by atoms with Crippen molar-refractivity contribution in [3.63, 3.8) is 0 Å². The molecule has 2 rings (SSSR count). The lowest BCUT2D eigenvalue weighted by Crippen LogP contribution is -2.39. The van der Waals surface area contributed by atoms with Crippen LogP contribution in [0.15, 0.2) is 29.2 Å². The smallest absolute Gasteiger partial charge is 0.243 e. The van der Waals surface area contributed by atoms with Crippen molar-refractivity contribution in [2.24, 2.45) is 0 Å². The van der Waals surface area contributed by atoms with Gasteiger partial charge in [0.25, 0.3) is 0 Å². The fraction of sp³-hybridized carbons (Fsp3) is 0.435. The number of rotatable bonds is 6. The van der Waals surface area contributed by atoms with Crippen molar-refractivity contribution >= 4 is 15.9 Å². The first-order chi connectivity index (χ1) is 13.3. The molecule has 2 aromatic carbocycles. The number of carbonyl (C=O) groups excluding carboxylic acids is 1. The van der Waals surface area contributed by atoms with E-state index >= 15 is 0 Å². The van der Waals surface area contributed by atoms with E-state index in [1.807, 2.05) is 39.8 Å². The molecule has 0 aliphatic heterocycles. The van der Waals surface area contributed by atoms with Gasteiger partial charge < -0.3 is 5.32 Å². The third-order valence-electron chi connectivity index (χ3n) is 5.37. The summed E-state index contributed by atoms with van der Waals surface area (Å²) in [4.78, 5) is 12.9. The molecule has 0 aliphatic rings. The summed E-state index contributed by atoms with van der Waals surface area (Å²) >= 11 is 0. The molecule has 1 atom stereocenters. The first kappa shape index (κ1) is 23.1. The predicted octanol–water partition coefficient (Wildman–Crippen LogP) is 4.04. The van der Waals surface area contributed by atoms with Crippen molar-refractivity contribution in [3.8, 4) is 0 Å². The lowest BCUT2D eigenvalue weighted by atomic mass is 9.96. The third-order valence-corrected chi connectivity index (χ3v) is 7.48. The van der Waals surface area contributed by atoms with Crippen LogP contribution >= 0.6 is 0 Å². The van der Waals surface area contributed by atoms with E-state index in [1.54, 1.807) is 13.8 Å². The minimum Gasteiger partial charge on any atom is -0.348 e. The van der Waals surface area contributed by atoms with Gasteiger partial charge in [-0.3, -0.25) is 4.79 Å². The molecular weight excluding hydrogens is 384 g/mol. The van der Waals surface area contributed by atoms with Crippen LogP contribution < -0.4 is 5.32 Å². The molecule has 1 amide bonds. The molecule has 0 aromatic heterocycles. The second-order valence-electron chi connectivity index (χ2n) is 8.07. The quantitative estimate of drug-likeness (QED) is 0.773. The molecule has 0 spiro atoms. The number of nitrogens with one attached hydrogen (secondary N) is 1. The van der Waals surface area contributed by atoms with Crippen LogP contribution in [0.1, 0.15) is 51.9 Å². The van der Waals surface area contributed by atoms with Gasteiger partial charge in [0.2, 0.25) is 15.9 Å². The van der Waals surface area contributed by atoms with Crippen LogP contribution in [0.25, 0.3) is 0 Å². The van der Waals surface area contributed by atoms with Crippen LogP contribution in [0.5, 0.6) is 0 Å². The van der Waals surface area contributed by atoms with E-state index < -0.39 is 10.0 Å². The van der Waals surface area contributed by atoms with Gasteiger partial charge in [0.05, 0.1) is 17.5 Å². The summed E-state index contributed by atoms with van der Waals surface area (Å²) < 4.78 is 27.2. The molecule has 0 bridgehead atoms. The van der Waals surface area contributed by atoms with E-state index in [4.69, 9.17) is 0 Å². The zero-order valence-corrected chi connectivity index (χ0v) is 19.5. The van der Waals surface area contributed by atoms with Gasteiger partial charge in [0.1, 0.15) is 0 Å². The maximum atomic E-state index is 13.1. The van der Waals surface area contributed by atoms with Crippen LogP contribution in [-0.2, 0) is 14.8 Å². The van der Waals surface area contributed by atoms with Gasteiger partial charge in [-0.15, -0.1) is 0 Å². The number of aryl methyl sites for hydroxylation is 6. The highest BCUT2D eigenvalue weighted by Gasteiger charge is 2.27. The number of hydrogen-bond acceptors (Lipinski definition) is 3. The molecule has 0 fully saturated rings. The number of benzene rings is 2. The highest BCUT2D eigenvalue weighted by Crippen LogP contribution is 2.25. The molecule has 2 aromatic rings. The highest BCUT2D eigenvalue weighted by atomic mass is 32.2. The van der Waals surface area contributed by atoms with Gasteiger partial charge in [0.15, 0.2) is 0 Å². The van der Waals surface area contributed by atoms with Gasteiger partial charge in [-0.25, -0.2) is 8.42 Å². The fourth-order valence-corrected chi connectivity index (χ4v) is 5.36. The van der Waals surface area contributed by atoms with E-state index in [1.165, 1.54) is 12.6 Å². The molecule has 158 valence electrons. The molecule has 0 unspecified atom stereocenters. The van der Waals surface area contributed by atoms with Crippen LogP contribution in [0.4, 0.5) is 0 Å². The molecule has 0 saturated carbocycles. The number of likely N-dealkylation sites (N-methyl/N-ethyl adjacent to an activating group) is 1. The molecule has 29 heavy (non-hydrogen) atoms. The molecule has 0 aliphatic carbocycles. The Morgan fingerprint density at radius 3 is 1.97 bits per heavy atom. The van der Waals surface area contributed by atoms with Crippen molar-refractivity contribution in [3.05, 3.63) is 63.2 Å². The van der Waals surface area contributed by atoms with Crippen molar-refractivity contribution in [1.29, 1.82) is 0 Å². The largest absolute Gasteiger partial charge is 0.348 e. The van der Waals surface area contributed by atoms with Gasteiger partial charge in [-0.2, -0.15) is 4.31 Å². The summed E-state index contributed by atoms with van der Waals surface area (Å²) in [6, 6.07) is 7.67. The fourth-order valence-electron chi connectivity index (χ4n) is 3.83. The van der Waals surface area contributed by atoms with Gasteiger partial charge in [0, 0.05) is 7.05 Å². The number of nitrogens with zero attached hydrogens (tertiary/aromatic N) is 1. The molecule has 1 N–H and O–H groups in total. The monoisotopic (exact) mass is 416 g/mol. The second kappa shape index (κ2) is 8.67. The number of amides is 1.